The van der Waals surface area contributed by atoms with Crippen molar-refractivity contribution in [2.75, 3.05) is 19.6 Å². The lowest BCUT2D eigenvalue weighted by molar-refractivity contribution is -0.141. The van der Waals surface area contributed by atoms with Gasteiger partial charge in [0.2, 0.25) is 5.91 Å². The van der Waals surface area contributed by atoms with Gasteiger partial charge >= 0.3 is 6.09 Å². The van der Waals surface area contributed by atoms with E-state index in [1.54, 1.807) is 0 Å². The zero-order valence-electron chi connectivity index (χ0n) is 15.7. The number of hydrogen-bond acceptors (Lipinski definition) is 3. The van der Waals surface area contributed by atoms with Crippen LogP contribution in [0.5, 0.6) is 0 Å². The third kappa shape index (κ3) is 3.29. The Morgan fingerprint density at radius 3 is 2.59 bits per heavy atom. The number of carbonyl (C=O) groups is 2. The summed E-state index contributed by atoms with van der Waals surface area (Å²) in [6.07, 6.45) is -0.436. The summed E-state index contributed by atoms with van der Waals surface area (Å²) in [5.74, 6) is -0.0227. The zero-order valence-corrected chi connectivity index (χ0v) is 15.7. The van der Waals surface area contributed by atoms with E-state index in [0.717, 1.165) is 11.1 Å². The fourth-order valence-corrected chi connectivity index (χ4v) is 4.13. The van der Waals surface area contributed by atoms with Crippen LogP contribution in [0, 0.1) is 0 Å². The molecule has 2 aliphatic heterocycles. The summed E-state index contributed by atoms with van der Waals surface area (Å²) in [5, 5.41) is 0. The van der Waals surface area contributed by atoms with Gasteiger partial charge in [-0.3, -0.25) is 9.69 Å². The van der Waals surface area contributed by atoms with Gasteiger partial charge in [0.1, 0.15) is 13.2 Å². The van der Waals surface area contributed by atoms with Crippen molar-refractivity contribution in [1.29, 1.82) is 0 Å². The van der Waals surface area contributed by atoms with E-state index in [1.165, 1.54) is 10.5 Å². The summed E-state index contributed by atoms with van der Waals surface area (Å²) in [7, 11) is 0. The molecule has 5 nitrogen and oxygen atoms in total. The van der Waals surface area contributed by atoms with Crippen LogP contribution in [-0.4, -0.2) is 41.4 Å². The van der Waals surface area contributed by atoms with Crippen LogP contribution in [0.3, 0.4) is 0 Å². The van der Waals surface area contributed by atoms with Crippen molar-refractivity contribution in [3.05, 3.63) is 71.3 Å². The quantitative estimate of drug-likeness (QED) is 0.819. The number of rotatable bonds is 2. The molecule has 0 bridgehead atoms. The topological polar surface area (TPSA) is 49.9 Å². The highest BCUT2D eigenvalue weighted by molar-refractivity contribution is 5.84. The van der Waals surface area contributed by atoms with Gasteiger partial charge in [0.05, 0.1) is 6.04 Å². The van der Waals surface area contributed by atoms with E-state index < -0.39 is 6.09 Å². The summed E-state index contributed by atoms with van der Waals surface area (Å²) in [6, 6.07) is 17.7. The molecule has 0 saturated carbocycles. The molecular weight excluding hydrogens is 340 g/mol. The van der Waals surface area contributed by atoms with Crippen molar-refractivity contribution in [3.8, 4) is 0 Å². The molecule has 2 aliphatic rings. The fourth-order valence-electron chi connectivity index (χ4n) is 4.13. The lowest BCUT2D eigenvalue weighted by atomic mass is 9.75. The third-order valence-electron chi connectivity index (χ3n) is 5.49. The zero-order chi connectivity index (χ0) is 19.0. The van der Waals surface area contributed by atoms with Crippen molar-refractivity contribution in [2.45, 2.75) is 31.9 Å². The molecule has 1 unspecified atom stereocenters. The molecule has 0 spiro atoms. The molecule has 0 aliphatic carbocycles. The maximum Gasteiger partial charge on any atom is 0.410 e. The molecule has 5 heteroatoms. The van der Waals surface area contributed by atoms with Gasteiger partial charge in [0.15, 0.2) is 0 Å². The van der Waals surface area contributed by atoms with Crippen LogP contribution in [-0.2, 0) is 21.6 Å². The Morgan fingerprint density at radius 1 is 1.11 bits per heavy atom. The number of piperazine rings is 1. The minimum absolute atomic E-state index is 0.0227. The van der Waals surface area contributed by atoms with E-state index >= 15 is 0 Å². The normalized spacial score (nSPS) is 20.7. The molecule has 27 heavy (non-hydrogen) atoms. The minimum atomic E-state index is -0.436. The Bertz CT molecular complexity index is 863. The first-order valence-electron chi connectivity index (χ1n) is 9.30. The fraction of sp³-hybridized carbons (Fsp3) is 0.364. The molecule has 0 aromatic heterocycles. The summed E-state index contributed by atoms with van der Waals surface area (Å²) in [6.45, 7) is 5.74. The van der Waals surface area contributed by atoms with E-state index in [1.807, 2.05) is 47.4 Å². The van der Waals surface area contributed by atoms with Gasteiger partial charge in [-0.2, -0.15) is 0 Å². The van der Waals surface area contributed by atoms with Gasteiger partial charge in [0.25, 0.3) is 0 Å². The molecule has 2 aromatic rings. The van der Waals surface area contributed by atoms with E-state index in [4.69, 9.17) is 4.74 Å². The molecule has 1 atom stereocenters. The molecule has 2 aromatic carbocycles. The first kappa shape index (κ1) is 17.6. The van der Waals surface area contributed by atoms with Crippen LogP contribution in [0.4, 0.5) is 4.79 Å². The maximum absolute atomic E-state index is 12.8. The molecule has 0 N–H and O–H groups in total. The van der Waals surface area contributed by atoms with Crippen molar-refractivity contribution in [3.63, 3.8) is 0 Å². The van der Waals surface area contributed by atoms with Crippen LogP contribution < -0.4 is 0 Å². The van der Waals surface area contributed by atoms with E-state index in [-0.39, 0.29) is 30.5 Å². The van der Waals surface area contributed by atoms with Gasteiger partial charge < -0.3 is 9.64 Å². The van der Waals surface area contributed by atoms with Crippen molar-refractivity contribution < 1.29 is 14.3 Å². The molecule has 2 heterocycles. The number of amides is 2. The summed E-state index contributed by atoms with van der Waals surface area (Å²) >= 11 is 0. The molecule has 4 rings (SSSR count). The highest BCUT2D eigenvalue weighted by atomic mass is 16.6. The number of fused-ring (bicyclic) bond motifs is 3. The Hall–Kier alpha value is -2.82. The van der Waals surface area contributed by atoms with Crippen LogP contribution in [0.15, 0.2) is 54.6 Å². The van der Waals surface area contributed by atoms with Gasteiger partial charge in [0, 0.05) is 18.5 Å². The van der Waals surface area contributed by atoms with Crippen molar-refractivity contribution in [1.82, 2.24) is 9.80 Å². The molecule has 1 fully saturated rings. The Kier molecular flexibility index (Phi) is 4.38. The third-order valence-corrected chi connectivity index (χ3v) is 5.49. The molecule has 0 radical (unpaired) electrons. The van der Waals surface area contributed by atoms with E-state index in [0.29, 0.717) is 13.1 Å². The number of hydrogen-bond donors (Lipinski definition) is 0. The second-order valence-electron chi connectivity index (χ2n) is 7.93. The first-order valence-corrected chi connectivity index (χ1v) is 9.30. The standard InChI is InChI=1S/C22H24N2O3/c1-22(2)15-24-19(17-10-6-7-11-18(17)22)12-23(13-20(24)25)21(26)27-14-16-8-4-3-5-9-16/h3-11,19H,12-15H2,1-2H3. The molecule has 1 saturated heterocycles. The number of ether oxygens (including phenoxy) is 1. The highest BCUT2D eigenvalue weighted by Crippen LogP contribution is 2.41. The average molecular weight is 364 g/mol. The Balaban J connectivity index is 1.53. The number of nitrogens with zero attached hydrogens (tertiary/aromatic N) is 2. The SMILES string of the molecule is CC1(C)CN2C(=O)CN(C(=O)OCc3ccccc3)CC2c2ccccc21. The van der Waals surface area contributed by atoms with E-state index in [2.05, 4.69) is 26.0 Å². The molecule has 140 valence electrons. The number of benzene rings is 2. The lowest BCUT2D eigenvalue weighted by Crippen LogP contribution is -2.58. The van der Waals surface area contributed by atoms with Crippen molar-refractivity contribution in [2.24, 2.45) is 0 Å². The predicted octanol–water partition coefficient (Wildman–Crippen LogP) is 3.50. The number of carbonyl (C=O) groups excluding carboxylic acids is 2. The van der Waals surface area contributed by atoms with Crippen molar-refractivity contribution >= 4 is 12.0 Å². The predicted molar refractivity (Wildman–Crippen MR) is 102 cm³/mol. The van der Waals surface area contributed by atoms with Crippen LogP contribution in [0.25, 0.3) is 0 Å². The van der Waals surface area contributed by atoms with Crippen LogP contribution in [0.2, 0.25) is 0 Å². The smallest absolute Gasteiger partial charge is 0.410 e. The van der Waals surface area contributed by atoms with E-state index in [9.17, 15) is 9.59 Å². The summed E-state index contributed by atoms with van der Waals surface area (Å²) < 4.78 is 5.44. The Morgan fingerprint density at radius 2 is 1.81 bits per heavy atom. The monoisotopic (exact) mass is 364 g/mol. The molecule has 2 amide bonds. The van der Waals surface area contributed by atoms with Gasteiger partial charge in [-0.25, -0.2) is 4.79 Å². The largest absolute Gasteiger partial charge is 0.445 e. The van der Waals surface area contributed by atoms with Gasteiger partial charge in [-0.05, 0) is 16.7 Å². The second kappa shape index (κ2) is 6.72. The highest BCUT2D eigenvalue weighted by Gasteiger charge is 2.44. The summed E-state index contributed by atoms with van der Waals surface area (Å²) in [4.78, 5) is 28.8. The maximum atomic E-state index is 12.8. The minimum Gasteiger partial charge on any atom is -0.445 e. The first-order chi connectivity index (χ1) is 13.0. The molecular formula is C22H24N2O3. The Labute approximate surface area is 159 Å². The lowest BCUT2D eigenvalue weighted by Gasteiger charge is -2.49. The van der Waals surface area contributed by atoms with Gasteiger partial charge in [-0.15, -0.1) is 0 Å². The van der Waals surface area contributed by atoms with Gasteiger partial charge in [-0.1, -0.05) is 68.4 Å². The van der Waals surface area contributed by atoms with Crippen LogP contribution in [0.1, 0.15) is 36.6 Å². The second-order valence-corrected chi connectivity index (χ2v) is 7.93. The average Bonchev–Trinajstić information content (AvgIpc) is 2.67. The van der Waals surface area contributed by atoms with Crippen LogP contribution >= 0.6 is 0 Å². The summed E-state index contributed by atoms with van der Waals surface area (Å²) in [5.41, 5.74) is 3.21.